The molecule has 1 aromatic rings. The number of benzene rings is 1. The van der Waals surface area contributed by atoms with E-state index < -0.39 is 24.9 Å². The van der Waals surface area contributed by atoms with Crippen LogP contribution >= 0.6 is 11.6 Å². The van der Waals surface area contributed by atoms with Gasteiger partial charge in [-0.25, -0.2) is 0 Å². The van der Waals surface area contributed by atoms with Crippen molar-refractivity contribution in [1.29, 1.82) is 0 Å². The fourth-order valence-electron chi connectivity index (χ4n) is 1.13. The number of nitrogens with two attached hydrogens (primary N) is 1. The number of amides is 1. The molecule has 0 unspecified atom stereocenters. The van der Waals surface area contributed by atoms with Gasteiger partial charge in [0.15, 0.2) is 0 Å². The molecule has 94 valence electrons. The first-order valence-corrected chi connectivity index (χ1v) is 5.08. The highest BCUT2D eigenvalue weighted by Crippen LogP contribution is 2.28. The summed E-state index contributed by atoms with van der Waals surface area (Å²) in [7, 11) is 0. The van der Waals surface area contributed by atoms with E-state index in [2.05, 4.69) is 5.32 Å². The maximum atomic E-state index is 11.9. The third-order valence-electron chi connectivity index (χ3n) is 1.95. The number of carbonyl (C=O) groups excluding carboxylic acids is 1. The van der Waals surface area contributed by atoms with Crippen LogP contribution in [-0.4, -0.2) is 12.1 Å². The van der Waals surface area contributed by atoms with Gasteiger partial charge >= 0.3 is 6.18 Å². The van der Waals surface area contributed by atoms with Crippen molar-refractivity contribution in [1.82, 2.24) is 0 Å². The quantitative estimate of drug-likeness (QED) is 0.826. The van der Waals surface area contributed by atoms with Gasteiger partial charge in [-0.2, -0.15) is 13.2 Å². The van der Waals surface area contributed by atoms with Gasteiger partial charge < -0.3 is 11.1 Å². The Morgan fingerprint density at radius 3 is 2.59 bits per heavy atom. The molecule has 0 bridgehead atoms. The van der Waals surface area contributed by atoms with Gasteiger partial charge in [0.2, 0.25) is 5.91 Å². The summed E-state index contributed by atoms with van der Waals surface area (Å²) in [5.41, 5.74) is 5.88. The Labute approximate surface area is 101 Å². The second kappa shape index (κ2) is 5.27. The van der Waals surface area contributed by atoms with Crippen LogP contribution < -0.4 is 11.1 Å². The average molecular weight is 267 g/mol. The molecule has 3 N–H and O–H groups in total. The minimum absolute atomic E-state index is 0.140. The van der Waals surface area contributed by atoms with Crippen LogP contribution in [0.15, 0.2) is 18.2 Å². The molecule has 1 rings (SSSR count). The number of hydrogen-bond acceptors (Lipinski definition) is 2. The lowest BCUT2D eigenvalue weighted by molar-refractivity contribution is -0.142. The Hall–Kier alpha value is -1.43. The number of rotatable bonds is 3. The van der Waals surface area contributed by atoms with Crippen molar-refractivity contribution in [2.45, 2.75) is 19.0 Å². The molecule has 0 aromatic heterocycles. The first kappa shape index (κ1) is 13.6. The second-order valence-corrected chi connectivity index (χ2v) is 3.77. The van der Waals surface area contributed by atoms with Crippen molar-refractivity contribution in [2.24, 2.45) is 0 Å². The summed E-state index contributed by atoms with van der Waals surface area (Å²) in [6.45, 7) is 0. The Morgan fingerprint density at radius 1 is 1.41 bits per heavy atom. The maximum Gasteiger partial charge on any atom is 0.389 e. The van der Waals surface area contributed by atoms with Crippen molar-refractivity contribution in [3.63, 3.8) is 0 Å². The topological polar surface area (TPSA) is 55.1 Å². The van der Waals surface area contributed by atoms with Crippen LogP contribution in [0.4, 0.5) is 24.5 Å². The predicted molar refractivity (Wildman–Crippen MR) is 59.8 cm³/mol. The van der Waals surface area contributed by atoms with E-state index in [-0.39, 0.29) is 16.4 Å². The number of halogens is 4. The lowest BCUT2D eigenvalue weighted by Gasteiger charge is -2.10. The van der Waals surface area contributed by atoms with Gasteiger partial charge in [-0.05, 0) is 12.1 Å². The van der Waals surface area contributed by atoms with Crippen molar-refractivity contribution in [2.75, 3.05) is 11.1 Å². The molecule has 0 saturated heterocycles. The third-order valence-corrected chi connectivity index (χ3v) is 2.26. The third kappa shape index (κ3) is 4.52. The second-order valence-electron chi connectivity index (χ2n) is 3.37. The molecule has 0 aliphatic heterocycles. The standard InChI is InChI=1S/C10H10ClF3N2O/c11-6-2-1-3-7(15)9(6)16-8(17)4-5-10(12,13)14/h1-3H,4-5,15H2,(H,16,17). The lowest BCUT2D eigenvalue weighted by atomic mass is 10.2. The van der Waals surface area contributed by atoms with E-state index in [1.165, 1.54) is 12.1 Å². The molecule has 1 amide bonds. The van der Waals surface area contributed by atoms with Crippen LogP contribution in [0.3, 0.4) is 0 Å². The molecule has 17 heavy (non-hydrogen) atoms. The van der Waals surface area contributed by atoms with Gasteiger partial charge in [-0.15, -0.1) is 0 Å². The van der Waals surface area contributed by atoms with Gasteiger partial charge in [-0.1, -0.05) is 17.7 Å². The van der Waals surface area contributed by atoms with E-state index in [0.717, 1.165) is 0 Å². The zero-order valence-corrected chi connectivity index (χ0v) is 9.40. The molecule has 0 aliphatic rings. The van der Waals surface area contributed by atoms with Crippen molar-refractivity contribution >= 4 is 28.9 Å². The average Bonchev–Trinajstić information content (AvgIpc) is 2.20. The van der Waals surface area contributed by atoms with Crippen molar-refractivity contribution in [3.8, 4) is 0 Å². The van der Waals surface area contributed by atoms with Crippen LogP contribution in [0.5, 0.6) is 0 Å². The Bertz CT molecular complexity index is 400. The minimum Gasteiger partial charge on any atom is -0.397 e. The number of para-hydroxylation sites is 1. The summed E-state index contributed by atoms with van der Waals surface area (Å²) in [5, 5.41) is 2.44. The molecule has 1 aromatic carbocycles. The van der Waals surface area contributed by atoms with Crippen molar-refractivity contribution in [3.05, 3.63) is 23.2 Å². The van der Waals surface area contributed by atoms with Crippen LogP contribution in [0.1, 0.15) is 12.8 Å². The summed E-state index contributed by atoms with van der Waals surface area (Å²) in [6.07, 6.45) is -6.19. The highest BCUT2D eigenvalue weighted by molar-refractivity contribution is 6.34. The zero-order chi connectivity index (χ0) is 13.1. The maximum absolute atomic E-state index is 11.9. The van der Waals surface area contributed by atoms with E-state index in [9.17, 15) is 18.0 Å². The van der Waals surface area contributed by atoms with Gasteiger partial charge in [0.25, 0.3) is 0 Å². The molecule has 0 atom stereocenters. The summed E-state index contributed by atoms with van der Waals surface area (Å²) in [6, 6.07) is 4.55. The van der Waals surface area contributed by atoms with E-state index >= 15 is 0 Å². The largest absolute Gasteiger partial charge is 0.397 e. The van der Waals surface area contributed by atoms with Crippen LogP contribution in [-0.2, 0) is 4.79 Å². The molecule has 0 saturated carbocycles. The van der Waals surface area contributed by atoms with Crippen LogP contribution in [0.2, 0.25) is 5.02 Å². The minimum atomic E-state index is -4.36. The molecule has 3 nitrogen and oxygen atoms in total. The first-order chi connectivity index (χ1) is 7.79. The Balaban J connectivity index is 2.63. The van der Waals surface area contributed by atoms with E-state index in [0.29, 0.717) is 0 Å². The predicted octanol–water partition coefficient (Wildman–Crippen LogP) is 3.20. The van der Waals surface area contributed by atoms with Gasteiger partial charge in [0, 0.05) is 6.42 Å². The smallest absolute Gasteiger partial charge is 0.389 e. The molecule has 0 fully saturated rings. The monoisotopic (exact) mass is 266 g/mol. The van der Waals surface area contributed by atoms with Crippen LogP contribution in [0.25, 0.3) is 0 Å². The summed E-state index contributed by atoms with van der Waals surface area (Å²) in [4.78, 5) is 11.2. The molecule has 0 spiro atoms. The molecule has 0 aliphatic carbocycles. The van der Waals surface area contributed by atoms with Crippen molar-refractivity contribution < 1.29 is 18.0 Å². The van der Waals surface area contributed by atoms with Gasteiger partial charge in [0.05, 0.1) is 22.8 Å². The highest BCUT2D eigenvalue weighted by atomic mass is 35.5. The number of nitrogen functional groups attached to an aromatic ring is 1. The lowest BCUT2D eigenvalue weighted by Crippen LogP contribution is -2.17. The number of hydrogen-bond donors (Lipinski definition) is 2. The summed E-state index contributed by atoms with van der Waals surface area (Å²) < 4.78 is 35.6. The Morgan fingerprint density at radius 2 is 2.06 bits per heavy atom. The van der Waals surface area contributed by atoms with E-state index in [1.54, 1.807) is 6.07 Å². The van der Waals surface area contributed by atoms with E-state index in [4.69, 9.17) is 17.3 Å². The number of carbonyl (C=O) groups is 1. The SMILES string of the molecule is Nc1cccc(Cl)c1NC(=O)CCC(F)(F)F. The van der Waals surface area contributed by atoms with Crippen LogP contribution in [0, 0.1) is 0 Å². The number of anilines is 2. The van der Waals surface area contributed by atoms with Gasteiger partial charge in [-0.3, -0.25) is 4.79 Å². The van der Waals surface area contributed by atoms with E-state index in [1.807, 2.05) is 0 Å². The van der Waals surface area contributed by atoms with Gasteiger partial charge in [0.1, 0.15) is 0 Å². The number of alkyl halides is 3. The summed E-state index contributed by atoms with van der Waals surface area (Å²) >= 11 is 5.75. The fourth-order valence-corrected chi connectivity index (χ4v) is 1.36. The zero-order valence-electron chi connectivity index (χ0n) is 8.64. The molecule has 0 radical (unpaired) electrons. The number of nitrogens with one attached hydrogen (secondary N) is 1. The Kier molecular flexibility index (Phi) is 4.22. The highest BCUT2D eigenvalue weighted by Gasteiger charge is 2.28. The molecule has 7 heteroatoms. The fraction of sp³-hybridized carbons (Fsp3) is 0.300. The molecule has 0 heterocycles. The normalized spacial score (nSPS) is 11.3. The first-order valence-electron chi connectivity index (χ1n) is 4.70. The molecular weight excluding hydrogens is 257 g/mol. The molecular formula is C10H10ClF3N2O. The summed E-state index contributed by atoms with van der Waals surface area (Å²) in [5.74, 6) is -0.776.